The fraction of sp³-hybridized carbons (Fsp3) is 0.500. The molecule has 3 N–H and O–H groups in total. The SMILES string of the molecule is CCC(CC)CNC(=O)c1cc(C)c(Cl)c(S(N)(=O)=O)c1. The van der Waals surface area contributed by atoms with E-state index in [1.165, 1.54) is 6.07 Å². The van der Waals surface area contributed by atoms with Gasteiger partial charge in [0.25, 0.3) is 5.91 Å². The van der Waals surface area contributed by atoms with Gasteiger partial charge in [-0.1, -0.05) is 38.3 Å². The summed E-state index contributed by atoms with van der Waals surface area (Å²) in [5.41, 5.74) is 0.739. The molecule has 5 nitrogen and oxygen atoms in total. The Labute approximate surface area is 130 Å². The molecule has 0 atom stereocenters. The van der Waals surface area contributed by atoms with Gasteiger partial charge in [-0.3, -0.25) is 4.79 Å². The minimum absolute atomic E-state index is 0.0500. The first-order valence-electron chi connectivity index (χ1n) is 6.81. The number of benzene rings is 1. The molecular formula is C14H21ClN2O3S. The van der Waals surface area contributed by atoms with Crippen molar-refractivity contribution in [1.29, 1.82) is 0 Å². The zero-order chi connectivity index (χ0) is 16.2. The number of hydrogen-bond acceptors (Lipinski definition) is 3. The van der Waals surface area contributed by atoms with Gasteiger partial charge in [0.1, 0.15) is 4.90 Å². The highest BCUT2D eigenvalue weighted by Crippen LogP contribution is 2.26. The van der Waals surface area contributed by atoms with Gasteiger partial charge in [-0.2, -0.15) is 0 Å². The van der Waals surface area contributed by atoms with Crippen LogP contribution in [0.15, 0.2) is 17.0 Å². The number of primary sulfonamides is 1. The highest BCUT2D eigenvalue weighted by molar-refractivity contribution is 7.89. The maximum absolute atomic E-state index is 12.1. The summed E-state index contributed by atoms with van der Waals surface area (Å²) in [6, 6.07) is 2.77. The lowest BCUT2D eigenvalue weighted by molar-refractivity contribution is 0.0946. The summed E-state index contributed by atoms with van der Waals surface area (Å²) in [5, 5.41) is 7.98. The van der Waals surface area contributed by atoms with Crippen molar-refractivity contribution in [2.24, 2.45) is 11.1 Å². The average molecular weight is 333 g/mol. The predicted molar refractivity (Wildman–Crippen MR) is 84.0 cm³/mol. The molecule has 0 aliphatic carbocycles. The van der Waals surface area contributed by atoms with Crippen molar-refractivity contribution >= 4 is 27.5 Å². The lowest BCUT2D eigenvalue weighted by atomic mass is 10.0. The fourth-order valence-corrected chi connectivity index (χ4v) is 3.13. The van der Waals surface area contributed by atoms with E-state index in [2.05, 4.69) is 19.2 Å². The number of sulfonamides is 1. The molecule has 0 unspecified atom stereocenters. The molecule has 0 radical (unpaired) electrons. The molecule has 0 spiro atoms. The van der Waals surface area contributed by atoms with Gasteiger partial charge in [0.15, 0.2) is 0 Å². The molecule has 0 saturated carbocycles. The Balaban J connectivity index is 3.04. The van der Waals surface area contributed by atoms with Crippen LogP contribution < -0.4 is 10.5 Å². The number of hydrogen-bond donors (Lipinski definition) is 2. The second kappa shape index (κ2) is 7.24. The zero-order valence-electron chi connectivity index (χ0n) is 12.4. The van der Waals surface area contributed by atoms with E-state index in [-0.39, 0.29) is 21.4 Å². The van der Waals surface area contributed by atoms with E-state index in [0.717, 1.165) is 12.8 Å². The van der Waals surface area contributed by atoms with Crippen molar-refractivity contribution < 1.29 is 13.2 Å². The van der Waals surface area contributed by atoms with Crippen molar-refractivity contribution in [3.8, 4) is 0 Å². The van der Waals surface area contributed by atoms with Gasteiger partial charge in [0, 0.05) is 12.1 Å². The summed E-state index contributed by atoms with van der Waals surface area (Å²) in [6.07, 6.45) is 1.94. The minimum atomic E-state index is -3.96. The standard InChI is InChI=1S/C14H21ClN2O3S/c1-4-10(5-2)8-17-14(18)11-6-9(3)13(15)12(7-11)21(16,19)20/h6-7,10H,4-5,8H2,1-3H3,(H,17,18)(H2,16,19,20). The van der Waals surface area contributed by atoms with Crippen LogP contribution in [0, 0.1) is 12.8 Å². The monoisotopic (exact) mass is 332 g/mol. The molecule has 0 saturated heterocycles. The maximum atomic E-state index is 12.1. The zero-order valence-corrected chi connectivity index (χ0v) is 14.0. The average Bonchev–Trinajstić information content (AvgIpc) is 2.41. The van der Waals surface area contributed by atoms with E-state index >= 15 is 0 Å². The Bertz CT molecular complexity index is 625. The molecule has 0 fully saturated rings. The fourth-order valence-electron chi connectivity index (χ4n) is 1.99. The lowest BCUT2D eigenvalue weighted by Crippen LogP contribution is -2.29. The third-order valence-electron chi connectivity index (χ3n) is 3.50. The number of halogens is 1. The van der Waals surface area contributed by atoms with Gasteiger partial charge in [-0.15, -0.1) is 0 Å². The molecule has 7 heteroatoms. The summed E-state index contributed by atoms with van der Waals surface area (Å²) >= 11 is 5.94. The third-order valence-corrected chi connectivity index (χ3v) is 5.04. The van der Waals surface area contributed by atoms with E-state index in [0.29, 0.717) is 18.0 Å². The van der Waals surface area contributed by atoms with Crippen LogP contribution in [0.4, 0.5) is 0 Å². The molecule has 0 aromatic heterocycles. The van der Waals surface area contributed by atoms with Crippen molar-refractivity contribution in [3.63, 3.8) is 0 Å². The Morgan fingerprint density at radius 1 is 1.33 bits per heavy atom. The lowest BCUT2D eigenvalue weighted by Gasteiger charge is -2.14. The summed E-state index contributed by atoms with van der Waals surface area (Å²) in [5.74, 6) is 0.0756. The number of carbonyl (C=O) groups excluding carboxylic acids is 1. The smallest absolute Gasteiger partial charge is 0.251 e. The molecule has 0 bridgehead atoms. The van der Waals surface area contributed by atoms with Crippen LogP contribution in [0.3, 0.4) is 0 Å². The van der Waals surface area contributed by atoms with Gasteiger partial charge in [0.05, 0.1) is 5.02 Å². The van der Waals surface area contributed by atoms with Crippen molar-refractivity contribution in [1.82, 2.24) is 5.32 Å². The minimum Gasteiger partial charge on any atom is -0.352 e. The first kappa shape index (κ1) is 17.9. The number of carbonyl (C=O) groups is 1. The molecule has 118 valence electrons. The first-order chi connectivity index (χ1) is 9.70. The van der Waals surface area contributed by atoms with Gasteiger partial charge < -0.3 is 5.32 Å². The van der Waals surface area contributed by atoms with E-state index in [4.69, 9.17) is 16.7 Å². The molecule has 0 aliphatic heterocycles. The van der Waals surface area contributed by atoms with Gasteiger partial charge in [-0.25, -0.2) is 13.6 Å². The van der Waals surface area contributed by atoms with E-state index in [9.17, 15) is 13.2 Å². The van der Waals surface area contributed by atoms with E-state index in [1.807, 2.05) is 0 Å². The largest absolute Gasteiger partial charge is 0.352 e. The molecule has 1 amide bonds. The third kappa shape index (κ3) is 4.69. The Kier molecular flexibility index (Phi) is 6.19. The van der Waals surface area contributed by atoms with Gasteiger partial charge in [0.2, 0.25) is 10.0 Å². The van der Waals surface area contributed by atoms with Gasteiger partial charge >= 0.3 is 0 Å². The molecule has 1 aromatic rings. The topological polar surface area (TPSA) is 89.3 Å². The number of nitrogens with two attached hydrogens (primary N) is 1. The molecule has 21 heavy (non-hydrogen) atoms. The van der Waals surface area contributed by atoms with Crippen molar-refractivity contribution in [2.45, 2.75) is 38.5 Å². The summed E-state index contributed by atoms with van der Waals surface area (Å²) in [7, 11) is -3.96. The molecule has 1 aromatic carbocycles. The van der Waals surface area contributed by atoms with Gasteiger partial charge in [-0.05, 0) is 30.5 Å². The highest BCUT2D eigenvalue weighted by Gasteiger charge is 2.19. The van der Waals surface area contributed by atoms with Crippen molar-refractivity contribution in [2.75, 3.05) is 6.54 Å². The van der Waals surface area contributed by atoms with E-state index < -0.39 is 10.0 Å². The number of amides is 1. The van der Waals surface area contributed by atoms with Crippen molar-refractivity contribution in [3.05, 3.63) is 28.3 Å². The maximum Gasteiger partial charge on any atom is 0.251 e. The van der Waals surface area contributed by atoms with E-state index in [1.54, 1.807) is 13.0 Å². The molecule has 1 rings (SSSR count). The van der Waals surface area contributed by atoms with Crippen LogP contribution >= 0.6 is 11.6 Å². The van der Waals surface area contributed by atoms with Crippen LogP contribution in [0.2, 0.25) is 5.02 Å². The van der Waals surface area contributed by atoms with Crippen LogP contribution in [0.5, 0.6) is 0 Å². The molecule has 0 heterocycles. The van der Waals surface area contributed by atoms with Crippen LogP contribution in [-0.2, 0) is 10.0 Å². The number of aryl methyl sites for hydroxylation is 1. The quantitative estimate of drug-likeness (QED) is 0.838. The van der Waals surface area contributed by atoms with Crippen LogP contribution in [0.25, 0.3) is 0 Å². The first-order valence-corrected chi connectivity index (χ1v) is 8.74. The number of nitrogens with one attached hydrogen (secondary N) is 1. The Morgan fingerprint density at radius 2 is 1.90 bits per heavy atom. The molecule has 0 aliphatic rings. The molecular weight excluding hydrogens is 312 g/mol. The van der Waals surface area contributed by atoms with Crippen LogP contribution in [-0.4, -0.2) is 20.9 Å². The Morgan fingerprint density at radius 3 is 2.38 bits per heavy atom. The summed E-state index contributed by atoms with van der Waals surface area (Å²) in [4.78, 5) is 11.9. The second-order valence-electron chi connectivity index (χ2n) is 5.04. The highest BCUT2D eigenvalue weighted by atomic mass is 35.5. The normalized spacial score (nSPS) is 11.7. The second-order valence-corrected chi connectivity index (χ2v) is 6.95. The summed E-state index contributed by atoms with van der Waals surface area (Å²) < 4.78 is 23.0. The van der Waals surface area contributed by atoms with Crippen LogP contribution in [0.1, 0.15) is 42.6 Å². The number of rotatable bonds is 6. The summed E-state index contributed by atoms with van der Waals surface area (Å²) in [6.45, 7) is 6.31. The Hall–Kier alpha value is -1.11. The predicted octanol–water partition coefficient (Wildman–Crippen LogP) is 2.46.